The topological polar surface area (TPSA) is 107 Å². The third-order valence-corrected chi connectivity index (χ3v) is 5.16. The Hall–Kier alpha value is -2.92. The summed E-state index contributed by atoms with van der Waals surface area (Å²) in [6.45, 7) is 5.18. The Bertz CT molecular complexity index is 1050. The molecule has 1 aromatic heterocycles. The van der Waals surface area contributed by atoms with Crippen LogP contribution in [-0.4, -0.2) is 41.1 Å². The minimum atomic E-state index is -5.14. The summed E-state index contributed by atoms with van der Waals surface area (Å²) in [5, 5.41) is 13.1. The molecule has 0 saturated heterocycles. The van der Waals surface area contributed by atoms with Crippen LogP contribution < -0.4 is 15.8 Å². The van der Waals surface area contributed by atoms with Crippen LogP contribution in [0.2, 0.25) is 0 Å². The monoisotopic (exact) mass is 471 g/mol. The quantitative estimate of drug-likeness (QED) is 0.587. The van der Waals surface area contributed by atoms with Gasteiger partial charge in [0.1, 0.15) is 29.3 Å². The lowest BCUT2D eigenvalue weighted by molar-refractivity contribution is -0.263. The molecule has 2 atom stereocenters. The molecular formula is C22H25F4N3O4. The van der Waals surface area contributed by atoms with Crippen LogP contribution >= 0.6 is 0 Å². The van der Waals surface area contributed by atoms with Crippen molar-refractivity contribution >= 4 is 6.09 Å². The number of nitrogens with two attached hydrogens (primary N) is 1. The molecular weight excluding hydrogens is 446 g/mol. The Morgan fingerprint density at radius 2 is 1.88 bits per heavy atom. The summed E-state index contributed by atoms with van der Waals surface area (Å²) in [4.78, 5) is 16.4. The van der Waals surface area contributed by atoms with Gasteiger partial charge in [0.15, 0.2) is 5.75 Å². The fraction of sp³-hybridized carbons (Fsp3) is 0.455. The smallest absolute Gasteiger partial charge is 0.424 e. The molecule has 1 aliphatic heterocycles. The maximum absolute atomic E-state index is 13.8. The number of carbonyl (C=O) groups excluding carboxylic acids is 1. The van der Waals surface area contributed by atoms with E-state index in [1.165, 1.54) is 19.1 Å². The Morgan fingerprint density at radius 1 is 1.27 bits per heavy atom. The Labute approximate surface area is 187 Å². The van der Waals surface area contributed by atoms with Crippen molar-refractivity contribution in [2.24, 2.45) is 5.73 Å². The number of hydrogen-bond donors (Lipinski definition) is 3. The number of nitrogens with zero attached hydrogens (tertiary/aromatic N) is 1. The predicted octanol–water partition coefficient (Wildman–Crippen LogP) is 3.73. The fourth-order valence-corrected chi connectivity index (χ4v) is 3.40. The fourth-order valence-electron chi connectivity index (χ4n) is 3.40. The second-order valence-electron chi connectivity index (χ2n) is 9.05. The number of hydrogen-bond acceptors (Lipinski definition) is 6. The van der Waals surface area contributed by atoms with Crippen LogP contribution in [-0.2, 0) is 15.9 Å². The normalized spacial score (nSPS) is 19.9. The van der Waals surface area contributed by atoms with Gasteiger partial charge in [0.2, 0.25) is 5.60 Å². The summed E-state index contributed by atoms with van der Waals surface area (Å²) in [5.41, 5.74) is -0.742. The highest BCUT2D eigenvalue weighted by atomic mass is 19.4. The van der Waals surface area contributed by atoms with E-state index in [9.17, 15) is 27.5 Å². The van der Waals surface area contributed by atoms with Crippen LogP contribution in [0.15, 0.2) is 30.3 Å². The molecule has 180 valence electrons. The molecule has 0 bridgehead atoms. The lowest BCUT2D eigenvalue weighted by atomic mass is 9.89. The van der Waals surface area contributed by atoms with Crippen molar-refractivity contribution in [1.29, 1.82) is 0 Å². The first kappa shape index (κ1) is 24.7. The Balaban J connectivity index is 2.20. The maximum Gasteiger partial charge on any atom is 0.424 e. The van der Waals surface area contributed by atoms with Gasteiger partial charge in [-0.05, 0) is 58.0 Å². The van der Waals surface area contributed by atoms with Gasteiger partial charge in [-0.15, -0.1) is 0 Å². The number of aliphatic hydroxyl groups is 1. The highest BCUT2D eigenvalue weighted by Crippen LogP contribution is 2.46. The number of nitrogens with one attached hydrogen (secondary N) is 1. The molecule has 0 fully saturated rings. The number of ether oxygens (including phenoxy) is 2. The van der Waals surface area contributed by atoms with E-state index in [4.69, 9.17) is 15.2 Å². The molecule has 0 spiro atoms. The van der Waals surface area contributed by atoms with E-state index in [1.54, 1.807) is 20.8 Å². The van der Waals surface area contributed by atoms with Crippen LogP contribution in [0.1, 0.15) is 39.0 Å². The molecule has 0 saturated carbocycles. The molecule has 7 nitrogen and oxygen atoms in total. The van der Waals surface area contributed by atoms with E-state index in [0.717, 1.165) is 18.2 Å². The Kier molecular flexibility index (Phi) is 6.10. The van der Waals surface area contributed by atoms with Crippen molar-refractivity contribution in [3.8, 4) is 17.0 Å². The van der Waals surface area contributed by atoms with Crippen molar-refractivity contribution in [2.75, 3.05) is 13.2 Å². The molecule has 4 N–H and O–H groups in total. The number of alkyl halides is 3. The van der Waals surface area contributed by atoms with Crippen LogP contribution in [0.5, 0.6) is 5.75 Å². The third-order valence-electron chi connectivity index (χ3n) is 5.16. The lowest BCUT2D eigenvalue weighted by Gasteiger charge is -2.31. The highest BCUT2D eigenvalue weighted by Gasteiger charge is 2.56. The largest absolute Gasteiger partial charge is 0.488 e. The second kappa shape index (κ2) is 8.14. The second-order valence-corrected chi connectivity index (χ2v) is 9.05. The van der Waals surface area contributed by atoms with E-state index < -0.39 is 47.1 Å². The van der Waals surface area contributed by atoms with Crippen molar-refractivity contribution in [3.05, 3.63) is 47.4 Å². The lowest BCUT2D eigenvalue weighted by Crippen LogP contribution is -2.50. The number of alkyl carbamates (subject to hydrolysis) is 1. The van der Waals surface area contributed by atoms with Gasteiger partial charge in [0, 0.05) is 17.7 Å². The van der Waals surface area contributed by atoms with E-state index in [0.29, 0.717) is 0 Å². The van der Waals surface area contributed by atoms with Gasteiger partial charge in [-0.1, -0.05) is 0 Å². The minimum absolute atomic E-state index is 0.0617. The molecule has 2 aromatic rings. The molecule has 2 heterocycles. The molecule has 0 aliphatic carbocycles. The van der Waals surface area contributed by atoms with Crippen LogP contribution in [0.3, 0.4) is 0 Å². The first-order valence-electron chi connectivity index (χ1n) is 10.0. The summed E-state index contributed by atoms with van der Waals surface area (Å²) in [7, 11) is 0. The van der Waals surface area contributed by atoms with E-state index in [1.807, 2.05) is 0 Å². The van der Waals surface area contributed by atoms with Gasteiger partial charge < -0.3 is 25.6 Å². The van der Waals surface area contributed by atoms with Gasteiger partial charge in [-0.2, -0.15) is 13.2 Å². The molecule has 1 aliphatic rings. The van der Waals surface area contributed by atoms with Gasteiger partial charge in [-0.25, -0.2) is 14.2 Å². The molecule has 11 heteroatoms. The SMILES string of the molecule is CC(C)(C)OC(=O)N[C@@]1(C)COc2c1cc([C@@](O)(CN)C(F)(F)F)nc2-c1ccc(F)cc1. The number of carbonyl (C=O) groups is 1. The Morgan fingerprint density at radius 3 is 2.39 bits per heavy atom. The summed E-state index contributed by atoms with van der Waals surface area (Å²) in [6, 6.07) is 5.87. The van der Waals surface area contributed by atoms with Gasteiger partial charge in [-0.3, -0.25) is 0 Å². The summed E-state index contributed by atoms with van der Waals surface area (Å²) in [5.74, 6) is -0.469. The molecule has 1 aromatic carbocycles. The minimum Gasteiger partial charge on any atom is -0.488 e. The first-order valence-corrected chi connectivity index (χ1v) is 10.0. The number of pyridine rings is 1. The summed E-state index contributed by atoms with van der Waals surface area (Å²) in [6.07, 6.45) is -5.95. The van der Waals surface area contributed by atoms with Crippen LogP contribution in [0.4, 0.5) is 22.4 Å². The van der Waals surface area contributed by atoms with Crippen LogP contribution in [0, 0.1) is 5.82 Å². The molecule has 33 heavy (non-hydrogen) atoms. The average molecular weight is 471 g/mol. The van der Waals surface area contributed by atoms with Crippen molar-refractivity contribution in [3.63, 3.8) is 0 Å². The maximum atomic E-state index is 13.8. The number of rotatable bonds is 4. The summed E-state index contributed by atoms with van der Waals surface area (Å²) >= 11 is 0. The number of halogens is 4. The number of fused-ring (bicyclic) bond motifs is 1. The van der Waals surface area contributed by atoms with E-state index >= 15 is 0 Å². The van der Waals surface area contributed by atoms with Crippen molar-refractivity contribution in [1.82, 2.24) is 10.3 Å². The zero-order chi connectivity index (χ0) is 24.8. The van der Waals surface area contributed by atoms with Crippen LogP contribution in [0.25, 0.3) is 11.3 Å². The van der Waals surface area contributed by atoms with Gasteiger partial charge in [0.25, 0.3) is 0 Å². The number of aromatic nitrogens is 1. The number of amides is 1. The number of benzene rings is 1. The first-order chi connectivity index (χ1) is 15.1. The highest BCUT2D eigenvalue weighted by molar-refractivity contribution is 5.74. The molecule has 3 rings (SSSR count). The van der Waals surface area contributed by atoms with Crippen molar-refractivity contribution < 1.29 is 36.9 Å². The summed E-state index contributed by atoms with van der Waals surface area (Å²) < 4.78 is 65.8. The van der Waals surface area contributed by atoms with Gasteiger partial charge >= 0.3 is 12.3 Å². The standard InChI is InChI=1S/C22H25F4N3O4/c1-19(2,3)33-18(30)29-20(4)11-32-17-14(20)9-15(21(31,10-27)22(24,25)26)28-16(17)12-5-7-13(23)8-6-12/h5-9,31H,10-11,27H2,1-4H3,(H,29,30)/t20-,21-/m0/s1. The van der Waals surface area contributed by atoms with Crippen molar-refractivity contribution in [2.45, 2.75) is 50.6 Å². The molecule has 1 amide bonds. The zero-order valence-electron chi connectivity index (χ0n) is 18.5. The third kappa shape index (κ3) is 4.74. The van der Waals surface area contributed by atoms with Gasteiger partial charge in [0.05, 0.1) is 5.69 Å². The predicted molar refractivity (Wildman–Crippen MR) is 111 cm³/mol. The van der Waals surface area contributed by atoms with E-state index in [-0.39, 0.29) is 29.2 Å². The zero-order valence-corrected chi connectivity index (χ0v) is 18.5. The average Bonchev–Trinajstić information content (AvgIpc) is 3.01. The molecule has 0 unspecified atom stereocenters. The molecule has 0 radical (unpaired) electrons. The van der Waals surface area contributed by atoms with E-state index in [2.05, 4.69) is 10.3 Å².